The molecule has 0 aromatic heterocycles. The van der Waals surface area contributed by atoms with Gasteiger partial charge in [-0.05, 0) is 0 Å². The summed E-state index contributed by atoms with van der Waals surface area (Å²) in [5, 5.41) is 0. The van der Waals surface area contributed by atoms with Crippen molar-refractivity contribution in [2.75, 3.05) is 0 Å². The van der Waals surface area contributed by atoms with Gasteiger partial charge in [0, 0.05) is 0 Å². The van der Waals surface area contributed by atoms with Crippen LogP contribution in [0.15, 0.2) is 30.3 Å². The van der Waals surface area contributed by atoms with Crippen molar-refractivity contribution in [1.82, 2.24) is 0 Å². The van der Waals surface area contributed by atoms with E-state index in [2.05, 4.69) is 53.3 Å². The van der Waals surface area contributed by atoms with Crippen molar-refractivity contribution in [2.45, 2.75) is 31.0 Å². The molecule has 0 heterocycles. The van der Waals surface area contributed by atoms with Crippen molar-refractivity contribution in [3.8, 4) is 0 Å². The first-order chi connectivity index (χ1) is 5.79. The Hall–Kier alpha value is -0.261. The van der Waals surface area contributed by atoms with Crippen molar-refractivity contribution in [2.24, 2.45) is 0 Å². The quantitative estimate of drug-likeness (QED) is 0.692. The number of rotatable bonds is 4. The van der Waals surface area contributed by atoms with Gasteiger partial charge in [0.2, 0.25) is 0 Å². The molecule has 0 saturated carbocycles. The Morgan fingerprint density at radius 2 is 1.92 bits per heavy atom. The van der Waals surface area contributed by atoms with E-state index in [1.54, 1.807) is 0 Å². The van der Waals surface area contributed by atoms with Crippen molar-refractivity contribution in [1.29, 1.82) is 0 Å². The van der Waals surface area contributed by atoms with Gasteiger partial charge >= 0.3 is 82.9 Å². The molecule has 0 unspecified atom stereocenters. The van der Waals surface area contributed by atoms with E-state index >= 15 is 0 Å². The van der Waals surface area contributed by atoms with Crippen LogP contribution >= 0.6 is 0 Å². The molecule has 1 rings (SSSR count). The second kappa shape index (κ2) is 5.40. The van der Waals surface area contributed by atoms with E-state index in [0.29, 0.717) is 4.82 Å². The van der Waals surface area contributed by atoms with Gasteiger partial charge in [0.05, 0.1) is 0 Å². The van der Waals surface area contributed by atoms with E-state index in [4.69, 9.17) is 0 Å². The van der Waals surface area contributed by atoms with Gasteiger partial charge in [0.1, 0.15) is 0 Å². The maximum atomic E-state index is 3.13. The summed E-state index contributed by atoms with van der Waals surface area (Å²) < 4.78 is 0. The van der Waals surface area contributed by atoms with Crippen LogP contribution in [-0.2, 0) is 6.42 Å². The molecule has 1 aromatic rings. The molecular formula is C11H15Se. The van der Waals surface area contributed by atoms with E-state index in [1.807, 2.05) is 0 Å². The van der Waals surface area contributed by atoms with Crippen LogP contribution in [0.3, 0.4) is 0 Å². The molecule has 0 aliphatic heterocycles. The van der Waals surface area contributed by atoms with Crippen LogP contribution in [0.1, 0.15) is 25.3 Å². The maximum absolute atomic E-state index is 3.13. The SMILES string of the molecule is C[C@@H]([Se])CCCc1ccccc1. The van der Waals surface area contributed by atoms with Crippen molar-refractivity contribution in [3.05, 3.63) is 35.9 Å². The van der Waals surface area contributed by atoms with Crippen LogP contribution in [0.2, 0.25) is 4.82 Å². The van der Waals surface area contributed by atoms with Gasteiger partial charge in [-0.1, -0.05) is 0 Å². The molecule has 12 heavy (non-hydrogen) atoms. The van der Waals surface area contributed by atoms with Gasteiger partial charge < -0.3 is 0 Å². The van der Waals surface area contributed by atoms with Crippen LogP contribution in [0.5, 0.6) is 0 Å². The van der Waals surface area contributed by atoms with Crippen LogP contribution in [0.4, 0.5) is 0 Å². The fourth-order valence-corrected chi connectivity index (χ4v) is 1.59. The molecule has 0 amide bonds. The first-order valence-electron chi connectivity index (χ1n) is 4.49. The summed E-state index contributed by atoms with van der Waals surface area (Å²) in [4.78, 5) is 0.716. The third kappa shape index (κ3) is 3.94. The standard InChI is InChI=1S/C11H15Se/c1-10(12)6-5-9-11-7-3-2-4-8-11/h2-4,7-8,10H,5-6,9H2,1H3/t10-/m1/s1. The Bertz CT molecular complexity index is 204. The average Bonchev–Trinajstić information content (AvgIpc) is 2.05. The zero-order valence-electron chi connectivity index (χ0n) is 7.49. The summed E-state index contributed by atoms with van der Waals surface area (Å²) in [6.45, 7) is 2.23. The number of hydrogen-bond donors (Lipinski definition) is 0. The fraction of sp³-hybridized carbons (Fsp3) is 0.455. The zero-order chi connectivity index (χ0) is 8.81. The molecule has 0 saturated heterocycles. The van der Waals surface area contributed by atoms with E-state index in [1.165, 1.54) is 24.8 Å². The molecule has 65 valence electrons. The summed E-state index contributed by atoms with van der Waals surface area (Å²) in [5.74, 6) is 0. The van der Waals surface area contributed by atoms with Gasteiger partial charge in [-0.25, -0.2) is 0 Å². The molecular weight excluding hydrogens is 211 g/mol. The first-order valence-corrected chi connectivity index (χ1v) is 5.47. The predicted octanol–water partition coefficient (Wildman–Crippen LogP) is 2.99. The molecule has 1 atom stereocenters. The zero-order valence-corrected chi connectivity index (χ0v) is 9.21. The summed E-state index contributed by atoms with van der Waals surface area (Å²) in [7, 11) is 0. The Morgan fingerprint density at radius 3 is 2.50 bits per heavy atom. The van der Waals surface area contributed by atoms with Crippen LogP contribution < -0.4 is 0 Å². The number of hydrogen-bond acceptors (Lipinski definition) is 0. The summed E-state index contributed by atoms with van der Waals surface area (Å²) >= 11 is 3.13. The molecule has 1 aromatic carbocycles. The summed E-state index contributed by atoms with van der Waals surface area (Å²) in [6, 6.07) is 10.7. The van der Waals surface area contributed by atoms with Crippen LogP contribution in [0, 0.1) is 0 Å². The Morgan fingerprint density at radius 1 is 1.25 bits per heavy atom. The second-order valence-electron chi connectivity index (χ2n) is 3.19. The molecule has 0 aliphatic carbocycles. The third-order valence-corrected chi connectivity index (χ3v) is 2.41. The molecule has 0 N–H and O–H groups in total. The normalized spacial score (nSPS) is 12.8. The summed E-state index contributed by atoms with van der Waals surface area (Å²) in [6.07, 6.45) is 3.79. The van der Waals surface area contributed by atoms with Gasteiger partial charge in [0.15, 0.2) is 0 Å². The van der Waals surface area contributed by atoms with Crippen molar-refractivity contribution >= 4 is 16.0 Å². The Kier molecular flexibility index (Phi) is 4.42. The number of aryl methyl sites for hydroxylation is 1. The number of benzene rings is 1. The first kappa shape index (κ1) is 9.82. The molecule has 0 spiro atoms. The molecule has 1 radical (unpaired) electrons. The molecule has 0 nitrogen and oxygen atoms in total. The van der Waals surface area contributed by atoms with Crippen LogP contribution in [0.25, 0.3) is 0 Å². The van der Waals surface area contributed by atoms with Gasteiger partial charge in [-0.15, -0.1) is 0 Å². The van der Waals surface area contributed by atoms with E-state index in [-0.39, 0.29) is 0 Å². The molecule has 0 bridgehead atoms. The second-order valence-corrected chi connectivity index (χ2v) is 4.88. The van der Waals surface area contributed by atoms with Crippen molar-refractivity contribution in [3.63, 3.8) is 0 Å². The fourth-order valence-electron chi connectivity index (χ4n) is 1.24. The van der Waals surface area contributed by atoms with Gasteiger partial charge in [0.25, 0.3) is 0 Å². The van der Waals surface area contributed by atoms with E-state index < -0.39 is 0 Å². The van der Waals surface area contributed by atoms with Gasteiger partial charge in [-0.3, -0.25) is 0 Å². The van der Waals surface area contributed by atoms with Crippen molar-refractivity contribution < 1.29 is 0 Å². The Balaban J connectivity index is 2.25. The topological polar surface area (TPSA) is 0 Å². The molecule has 0 fully saturated rings. The summed E-state index contributed by atoms with van der Waals surface area (Å²) in [5.41, 5.74) is 1.46. The predicted molar refractivity (Wildman–Crippen MR) is 54.6 cm³/mol. The minimum atomic E-state index is 0.716. The minimum absolute atomic E-state index is 0.716. The third-order valence-electron chi connectivity index (χ3n) is 1.92. The van der Waals surface area contributed by atoms with Gasteiger partial charge in [-0.2, -0.15) is 0 Å². The Labute approximate surface area is 83.2 Å². The van der Waals surface area contributed by atoms with E-state index in [9.17, 15) is 0 Å². The average molecular weight is 226 g/mol. The van der Waals surface area contributed by atoms with Crippen LogP contribution in [-0.4, -0.2) is 16.0 Å². The monoisotopic (exact) mass is 227 g/mol. The molecule has 0 aliphatic rings. The molecule has 1 heteroatoms. The van der Waals surface area contributed by atoms with E-state index in [0.717, 1.165) is 0 Å².